The van der Waals surface area contributed by atoms with E-state index in [0.717, 1.165) is 5.75 Å². The van der Waals surface area contributed by atoms with Crippen LogP contribution in [0.2, 0.25) is 0 Å². The minimum Gasteiger partial charge on any atom is -0.294 e. The van der Waals surface area contributed by atoms with Crippen LogP contribution >= 0.6 is 23.1 Å². The highest BCUT2D eigenvalue weighted by atomic mass is 32.2. The second-order valence-electron chi connectivity index (χ2n) is 2.53. The SMILES string of the molecule is CCSc1sc(C(C)=O)cc1[N+](=O)[O-]. The summed E-state index contributed by atoms with van der Waals surface area (Å²) in [5, 5.41) is 10.6. The molecule has 0 saturated heterocycles. The van der Waals surface area contributed by atoms with Crippen LogP contribution in [0.3, 0.4) is 0 Å². The summed E-state index contributed by atoms with van der Waals surface area (Å²) < 4.78 is 0.614. The highest BCUT2D eigenvalue weighted by Crippen LogP contribution is 2.37. The quantitative estimate of drug-likeness (QED) is 0.346. The van der Waals surface area contributed by atoms with Gasteiger partial charge in [0.15, 0.2) is 5.78 Å². The van der Waals surface area contributed by atoms with E-state index in [-0.39, 0.29) is 11.5 Å². The van der Waals surface area contributed by atoms with Crippen molar-refractivity contribution in [1.82, 2.24) is 0 Å². The largest absolute Gasteiger partial charge is 0.294 e. The van der Waals surface area contributed by atoms with Crippen molar-refractivity contribution >= 4 is 34.6 Å². The number of hydrogen-bond donors (Lipinski definition) is 0. The van der Waals surface area contributed by atoms with E-state index in [1.54, 1.807) is 0 Å². The molecule has 0 radical (unpaired) electrons. The second kappa shape index (κ2) is 4.56. The second-order valence-corrected chi connectivity index (χ2v) is 5.11. The zero-order chi connectivity index (χ0) is 10.7. The molecule has 76 valence electrons. The fourth-order valence-corrected chi connectivity index (χ4v) is 3.05. The summed E-state index contributed by atoms with van der Waals surface area (Å²) in [7, 11) is 0. The summed E-state index contributed by atoms with van der Waals surface area (Å²) in [4.78, 5) is 21.6. The maximum atomic E-state index is 11.0. The molecule has 0 amide bonds. The molecule has 0 saturated carbocycles. The van der Waals surface area contributed by atoms with Crippen molar-refractivity contribution in [2.24, 2.45) is 0 Å². The third kappa shape index (κ3) is 2.33. The Bertz CT molecular complexity index is 373. The van der Waals surface area contributed by atoms with Crippen LogP contribution in [-0.4, -0.2) is 16.5 Å². The Kier molecular flexibility index (Phi) is 3.65. The molecule has 0 aliphatic heterocycles. The van der Waals surface area contributed by atoms with Gasteiger partial charge < -0.3 is 0 Å². The molecule has 0 aromatic carbocycles. The van der Waals surface area contributed by atoms with E-state index in [0.29, 0.717) is 9.09 Å². The van der Waals surface area contributed by atoms with Crippen molar-refractivity contribution in [3.05, 3.63) is 21.1 Å². The number of nitro groups is 1. The predicted octanol–water partition coefficient (Wildman–Crippen LogP) is 2.97. The van der Waals surface area contributed by atoms with Gasteiger partial charge in [-0.05, 0) is 12.7 Å². The lowest BCUT2D eigenvalue weighted by Gasteiger charge is -1.91. The van der Waals surface area contributed by atoms with E-state index in [1.165, 1.54) is 36.1 Å². The Balaban J connectivity index is 3.12. The van der Waals surface area contributed by atoms with Crippen molar-refractivity contribution in [2.75, 3.05) is 5.75 Å². The Labute approximate surface area is 89.5 Å². The molecule has 6 heteroatoms. The molecule has 1 heterocycles. The molecule has 1 rings (SSSR count). The van der Waals surface area contributed by atoms with E-state index in [1.807, 2.05) is 6.92 Å². The van der Waals surface area contributed by atoms with Crippen molar-refractivity contribution < 1.29 is 9.72 Å². The third-order valence-corrected chi connectivity index (χ3v) is 3.88. The minimum absolute atomic E-state index is 0.0482. The lowest BCUT2D eigenvalue weighted by Crippen LogP contribution is -1.87. The van der Waals surface area contributed by atoms with E-state index in [2.05, 4.69) is 0 Å². The zero-order valence-electron chi connectivity index (χ0n) is 7.77. The zero-order valence-corrected chi connectivity index (χ0v) is 9.41. The monoisotopic (exact) mass is 231 g/mol. The number of thiophene rings is 1. The van der Waals surface area contributed by atoms with Crippen LogP contribution in [0, 0.1) is 10.1 Å². The summed E-state index contributed by atoms with van der Waals surface area (Å²) in [6.07, 6.45) is 0. The summed E-state index contributed by atoms with van der Waals surface area (Å²) in [5.74, 6) is 0.639. The molecule has 0 bridgehead atoms. The Hall–Kier alpha value is -0.880. The van der Waals surface area contributed by atoms with Crippen LogP contribution in [0.1, 0.15) is 23.5 Å². The molecule has 0 N–H and O–H groups in total. The molecule has 0 fully saturated rings. The summed E-state index contributed by atoms with van der Waals surface area (Å²) in [6, 6.07) is 1.35. The van der Waals surface area contributed by atoms with Gasteiger partial charge in [-0.15, -0.1) is 23.1 Å². The van der Waals surface area contributed by atoms with Gasteiger partial charge in [0.2, 0.25) is 0 Å². The van der Waals surface area contributed by atoms with Crippen LogP contribution < -0.4 is 0 Å². The van der Waals surface area contributed by atoms with Crippen molar-refractivity contribution in [2.45, 2.75) is 18.1 Å². The van der Waals surface area contributed by atoms with Crippen molar-refractivity contribution in [3.8, 4) is 0 Å². The van der Waals surface area contributed by atoms with Crippen LogP contribution in [0.4, 0.5) is 5.69 Å². The molecular weight excluding hydrogens is 222 g/mol. The first kappa shape index (κ1) is 11.2. The first-order valence-corrected chi connectivity index (χ1v) is 5.78. The van der Waals surface area contributed by atoms with Crippen LogP contribution in [-0.2, 0) is 0 Å². The summed E-state index contributed by atoms with van der Waals surface area (Å²) in [6.45, 7) is 3.33. The number of thioether (sulfide) groups is 1. The number of hydrogen-bond acceptors (Lipinski definition) is 5. The molecule has 0 atom stereocenters. The number of carbonyl (C=O) groups excluding carboxylic acids is 1. The van der Waals surface area contributed by atoms with Crippen LogP contribution in [0.5, 0.6) is 0 Å². The smallest absolute Gasteiger partial charge is 0.294 e. The van der Waals surface area contributed by atoms with E-state index >= 15 is 0 Å². The Morgan fingerprint density at radius 2 is 2.36 bits per heavy atom. The lowest BCUT2D eigenvalue weighted by molar-refractivity contribution is -0.387. The van der Waals surface area contributed by atoms with Gasteiger partial charge in [0.1, 0.15) is 4.21 Å². The van der Waals surface area contributed by atoms with Gasteiger partial charge in [-0.1, -0.05) is 6.92 Å². The summed E-state index contributed by atoms with van der Waals surface area (Å²) >= 11 is 2.59. The number of carbonyl (C=O) groups is 1. The first-order valence-electron chi connectivity index (χ1n) is 3.98. The predicted molar refractivity (Wildman–Crippen MR) is 57.4 cm³/mol. The van der Waals surface area contributed by atoms with Crippen molar-refractivity contribution in [3.63, 3.8) is 0 Å². The van der Waals surface area contributed by atoms with E-state index < -0.39 is 4.92 Å². The number of nitrogens with zero attached hydrogens (tertiary/aromatic N) is 1. The molecule has 0 spiro atoms. The van der Waals surface area contributed by atoms with Gasteiger partial charge in [-0.3, -0.25) is 14.9 Å². The van der Waals surface area contributed by atoms with Gasteiger partial charge in [0, 0.05) is 6.07 Å². The Morgan fingerprint density at radius 1 is 1.71 bits per heavy atom. The molecule has 0 unspecified atom stereocenters. The maximum absolute atomic E-state index is 11.0. The molecule has 0 aliphatic carbocycles. The topological polar surface area (TPSA) is 60.2 Å². The average Bonchev–Trinajstić information content (AvgIpc) is 2.49. The van der Waals surface area contributed by atoms with Crippen LogP contribution in [0.25, 0.3) is 0 Å². The lowest BCUT2D eigenvalue weighted by atomic mass is 10.3. The van der Waals surface area contributed by atoms with Gasteiger partial charge in [-0.2, -0.15) is 0 Å². The van der Waals surface area contributed by atoms with Gasteiger partial charge in [0.25, 0.3) is 5.69 Å². The average molecular weight is 231 g/mol. The standard InChI is InChI=1S/C8H9NO3S2/c1-3-13-8-6(9(11)12)4-7(14-8)5(2)10/h4H,3H2,1-2H3. The minimum atomic E-state index is -0.444. The molecular formula is C8H9NO3S2. The Morgan fingerprint density at radius 3 is 2.79 bits per heavy atom. The molecule has 14 heavy (non-hydrogen) atoms. The highest BCUT2D eigenvalue weighted by Gasteiger charge is 2.20. The molecule has 1 aromatic rings. The van der Waals surface area contributed by atoms with E-state index in [4.69, 9.17) is 0 Å². The molecule has 4 nitrogen and oxygen atoms in total. The van der Waals surface area contributed by atoms with Gasteiger partial charge >= 0.3 is 0 Å². The van der Waals surface area contributed by atoms with Gasteiger partial charge in [0.05, 0.1) is 9.80 Å². The first-order chi connectivity index (χ1) is 6.56. The maximum Gasteiger partial charge on any atom is 0.294 e. The normalized spacial score (nSPS) is 10.1. The number of rotatable bonds is 4. The number of ketones is 1. The van der Waals surface area contributed by atoms with Crippen LogP contribution in [0.15, 0.2) is 10.3 Å². The fraction of sp³-hybridized carbons (Fsp3) is 0.375. The van der Waals surface area contributed by atoms with E-state index in [9.17, 15) is 14.9 Å². The molecule has 0 aliphatic rings. The third-order valence-electron chi connectivity index (χ3n) is 1.50. The highest BCUT2D eigenvalue weighted by molar-refractivity contribution is 8.01. The summed E-state index contributed by atoms with van der Waals surface area (Å²) in [5.41, 5.74) is 0.0482. The molecule has 1 aromatic heterocycles. The van der Waals surface area contributed by atoms with Gasteiger partial charge in [-0.25, -0.2) is 0 Å². The number of Topliss-reactive ketones (excluding diaryl/α,β-unsaturated/α-hetero) is 1. The fourth-order valence-electron chi connectivity index (χ4n) is 0.900. The van der Waals surface area contributed by atoms with Crippen molar-refractivity contribution in [1.29, 1.82) is 0 Å².